The molecule has 0 unspecified atom stereocenters. The van der Waals surface area contributed by atoms with E-state index in [2.05, 4.69) is 26.2 Å². The van der Waals surface area contributed by atoms with Crippen molar-refractivity contribution in [3.8, 4) is 12.3 Å². The summed E-state index contributed by atoms with van der Waals surface area (Å²) in [7, 11) is 0. The Morgan fingerprint density at radius 3 is 2.82 bits per heavy atom. The highest BCUT2D eigenvalue weighted by Gasteiger charge is 2.52. The maximum atomic E-state index is 15.6. The van der Waals surface area contributed by atoms with Crippen LogP contribution in [-0.4, -0.2) is 55.2 Å². The Labute approximate surface area is 160 Å². The topological polar surface area (TPSA) is 105 Å². The number of hydrogen-bond acceptors (Lipinski definition) is 7. The maximum Gasteiger partial charge on any atom is 0.240 e. The van der Waals surface area contributed by atoms with E-state index in [1.54, 1.807) is 0 Å². The molecule has 3 atom stereocenters. The average Bonchev–Trinajstić information content (AvgIpc) is 3.29. The highest BCUT2D eigenvalue weighted by atomic mass is 19.1. The quantitative estimate of drug-likeness (QED) is 0.560. The van der Waals surface area contributed by atoms with Crippen LogP contribution in [0.5, 0.6) is 0 Å². The molecule has 0 spiro atoms. The first-order valence-corrected chi connectivity index (χ1v) is 8.66. The molecule has 1 aliphatic heterocycles. The molecular weight excluding hydrogens is 365 g/mol. The second-order valence-electron chi connectivity index (χ2n) is 6.46. The van der Waals surface area contributed by atoms with E-state index in [4.69, 9.17) is 11.2 Å². The molecule has 9 heteroatoms. The van der Waals surface area contributed by atoms with Gasteiger partial charge in [0, 0.05) is 6.54 Å². The van der Waals surface area contributed by atoms with Gasteiger partial charge in [0.25, 0.3) is 0 Å². The third-order valence-electron chi connectivity index (χ3n) is 4.71. The summed E-state index contributed by atoms with van der Waals surface area (Å²) in [5, 5.41) is 22.7. The van der Waals surface area contributed by atoms with Crippen LogP contribution in [0.3, 0.4) is 0 Å². The Kier molecular flexibility index (Phi) is 4.68. The lowest BCUT2D eigenvalue weighted by atomic mass is 10.1. The minimum atomic E-state index is -2.33. The number of benzene rings is 1. The number of aliphatic hydroxyl groups is 2. The molecule has 28 heavy (non-hydrogen) atoms. The maximum absolute atomic E-state index is 15.6. The Morgan fingerprint density at radius 2 is 2.14 bits per heavy atom. The fourth-order valence-corrected chi connectivity index (χ4v) is 3.19. The van der Waals surface area contributed by atoms with Crippen LogP contribution in [0.1, 0.15) is 11.4 Å². The first-order valence-electron chi connectivity index (χ1n) is 8.66. The number of alkyl halides is 1. The number of nitrogens with zero attached hydrogens (tertiary/aromatic N) is 4. The SMILES string of the molecule is C#Cc1nc(NCc2ccccc2)c2ncn([C@]3(F)CO[C@H](CO)[C@H]3O)c2n1. The van der Waals surface area contributed by atoms with Gasteiger partial charge in [-0.1, -0.05) is 30.3 Å². The molecule has 0 saturated carbocycles. The second-order valence-corrected chi connectivity index (χ2v) is 6.46. The van der Waals surface area contributed by atoms with Crippen LogP contribution >= 0.6 is 0 Å². The summed E-state index contributed by atoms with van der Waals surface area (Å²) in [6.07, 6.45) is 4.06. The fraction of sp³-hybridized carbons (Fsp3) is 0.316. The molecule has 4 rings (SSSR count). The van der Waals surface area contributed by atoms with Crippen molar-refractivity contribution in [3.63, 3.8) is 0 Å². The zero-order valence-electron chi connectivity index (χ0n) is 14.8. The molecule has 0 bridgehead atoms. The molecule has 3 N–H and O–H groups in total. The van der Waals surface area contributed by atoms with E-state index < -0.39 is 31.2 Å². The van der Waals surface area contributed by atoms with E-state index in [1.807, 2.05) is 30.3 Å². The molecule has 0 aliphatic carbocycles. The molecule has 8 nitrogen and oxygen atoms in total. The van der Waals surface area contributed by atoms with Crippen LogP contribution in [0, 0.1) is 12.3 Å². The van der Waals surface area contributed by atoms with E-state index in [0.717, 1.165) is 10.1 Å². The number of nitrogens with one attached hydrogen (secondary N) is 1. The summed E-state index contributed by atoms with van der Waals surface area (Å²) < 4.78 is 21.8. The lowest BCUT2D eigenvalue weighted by Gasteiger charge is -2.24. The van der Waals surface area contributed by atoms with E-state index >= 15 is 4.39 Å². The zero-order chi connectivity index (χ0) is 19.7. The van der Waals surface area contributed by atoms with Gasteiger partial charge in [0.15, 0.2) is 17.0 Å². The second kappa shape index (κ2) is 7.16. The van der Waals surface area contributed by atoms with Crippen LogP contribution in [0.25, 0.3) is 11.2 Å². The van der Waals surface area contributed by atoms with Gasteiger partial charge in [-0.05, 0) is 11.5 Å². The van der Waals surface area contributed by atoms with Gasteiger partial charge in [-0.15, -0.1) is 6.42 Å². The van der Waals surface area contributed by atoms with Gasteiger partial charge >= 0.3 is 0 Å². The molecular formula is C19H18FN5O3. The number of aromatic nitrogens is 4. The number of anilines is 1. The van der Waals surface area contributed by atoms with E-state index in [-0.39, 0.29) is 11.5 Å². The molecule has 1 aromatic carbocycles. The molecule has 2 aromatic heterocycles. The summed E-state index contributed by atoms with van der Waals surface area (Å²) in [5.41, 5.74) is 1.46. The molecule has 1 aliphatic rings. The fourth-order valence-electron chi connectivity index (χ4n) is 3.19. The summed E-state index contributed by atoms with van der Waals surface area (Å²) in [6, 6.07) is 9.65. The Balaban J connectivity index is 1.74. The predicted octanol–water partition coefficient (Wildman–Crippen LogP) is 0.794. The number of rotatable bonds is 5. The number of fused-ring (bicyclic) bond motifs is 1. The van der Waals surface area contributed by atoms with Crippen LogP contribution in [0.4, 0.5) is 10.2 Å². The van der Waals surface area contributed by atoms with Crippen molar-refractivity contribution in [2.24, 2.45) is 0 Å². The van der Waals surface area contributed by atoms with E-state index in [9.17, 15) is 10.2 Å². The van der Waals surface area contributed by atoms with Crippen LogP contribution < -0.4 is 5.32 Å². The van der Waals surface area contributed by atoms with Crippen molar-refractivity contribution in [1.29, 1.82) is 0 Å². The third-order valence-corrected chi connectivity index (χ3v) is 4.71. The summed E-state index contributed by atoms with van der Waals surface area (Å²) >= 11 is 0. The van der Waals surface area contributed by atoms with Gasteiger partial charge in [-0.3, -0.25) is 4.57 Å². The van der Waals surface area contributed by atoms with E-state index in [1.165, 1.54) is 6.33 Å². The number of hydrogen-bond donors (Lipinski definition) is 3. The zero-order valence-corrected chi connectivity index (χ0v) is 14.8. The average molecular weight is 383 g/mol. The molecule has 3 heterocycles. The number of halogens is 1. The summed E-state index contributed by atoms with van der Waals surface area (Å²) in [6.45, 7) is -0.496. The largest absolute Gasteiger partial charge is 0.394 e. The Morgan fingerprint density at radius 1 is 1.36 bits per heavy atom. The van der Waals surface area contributed by atoms with Crippen molar-refractivity contribution in [3.05, 3.63) is 48.0 Å². The minimum Gasteiger partial charge on any atom is -0.394 e. The first-order chi connectivity index (χ1) is 13.6. The van der Waals surface area contributed by atoms with Crippen LogP contribution in [-0.2, 0) is 17.1 Å². The minimum absolute atomic E-state index is 0.0560. The molecule has 3 aromatic rings. The van der Waals surface area contributed by atoms with Gasteiger partial charge in [0.05, 0.1) is 12.9 Å². The van der Waals surface area contributed by atoms with Crippen molar-refractivity contribution in [2.75, 3.05) is 18.5 Å². The summed E-state index contributed by atoms with van der Waals surface area (Å²) in [5.74, 6) is 0.429. The summed E-state index contributed by atoms with van der Waals surface area (Å²) in [4.78, 5) is 12.7. The molecule has 1 saturated heterocycles. The molecule has 144 valence electrons. The lowest BCUT2D eigenvalue weighted by molar-refractivity contribution is -0.0462. The van der Waals surface area contributed by atoms with Crippen molar-refractivity contribution < 1.29 is 19.3 Å². The van der Waals surface area contributed by atoms with Gasteiger partial charge < -0.3 is 20.3 Å². The Bertz CT molecular complexity index is 1040. The van der Waals surface area contributed by atoms with Gasteiger partial charge in [-0.25, -0.2) is 19.3 Å². The number of aliphatic hydroxyl groups excluding tert-OH is 2. The van der Waals surface area contributed by atoms with Crippen LogP contribution in [0.15, 0.2) is 36.7 Å². The highest BCUT2D eigenvalue weighted by molar-refractivity contribution is 5.83. The van der Waals surface area contributed by atoms with Gasteiger partial charge in [-0.2, -0.15) is 0 Å². The molecule has 0 radical (unpaired) electrons. The third kappa shape index (κ3) is 2.97. The number of imidazole rings is 1. The normalized spacial score (nSPS) is 24.4. The number of terminal acetylenes is 1. The first kappa shape index (κ1) is 18.3. The van der Waals surface area contributed by atoms with Crippen LogP contribution in [0.2, 0.25) is 0 Å². The standard InChI is InChI=1S/C19H18FN5O3/c1-2-14-23-17(21-8-12-6-4-3-5-7-12)15-18(24-14)25(11-22-15)19(20)10-28-13(9-26)16(19)27/h1,3-7,11,13,16,26-27H,8-10H2,(H,21,23,24)/t13-,16-,19-/m1/s1. The van der Waals surface area contributed by atoms with Crippen molar-refractivity contribution in [2.45, 2.75) is 24.5 Å². The number of ether oxygens (including phenoxy) is 1. The smallest absolute Gasteiger partial charge is 0.240 e. The molecule has 0 amide bonds. The van der Waals surface area contributed by atoms with Crippen molar-refractivity contribution >= 4 is 17.0 Å². The van der Waals surface area contributed by atoms with Gasteiger partial charge in [0.2, 0.25) is 11.6 Å². The van der Waals surface area contributed by atoms with E-state index in [0.29, 0.717) is 17.9 Å². The Hall–Kier alpha value is -3.06. The lowest BCUT2D eigenvalue weighted by Crippen LogP contribution is -2.43. The molecule has 1 fully saturated rings. The highest BCUT2D eigenvalue weighted by Crippen LogP contribution is 2.36. The predicted molar refractivity (Wildman–Crippen MR) is 98.9 cm³/mol. The van der Waals surface area contributed by atoms with Crippen molar-refractivity contribution in [1.82, 2.24) is 19.5 Å². The monoisotopic (exact) mass is 383 g/mol. The van der Waals surface area contributed by atoms with Gasteiger partial charge in [0.1, 0.15) is 18.8 Å².